The molecule has 1 aromatic heterocycles. The summed E-state index contributed by atoms with van der Waals surface area (Å²) in [5.41, 5.74) is 0. The van der Waals surface area contributed by atoms with Gasteiger partial charge in [0.2, 0.25) is 5.89 Å². The topological polar surface area (TPSA) is 60.6 Å². The molecule has 0 saturated carbocycles. The second kappa shape index (κ2) is 7.30. The van der Waals surface area contributed by atoms with Crippen LogP contribution in [0.2, 0.25) is 0 Å². The van der Waals surface area contributed by atoms with Crippen LogP contribution >= 0.6 is 0 Å². The van der Waals surface area contributed by atoms with Crippen molar-refractivity contribution in [2.45, 2.75) is 38.8 Å². The van der Waals surface area contributed by atoms with Gasteiger partial charge < -0.3 is 14.0 Å². The highest BCUT2D eigenvalue weighted by molar-refractivity contribution is 5.31. The summed E-state index contributed by atoms with van der Waals surface area (Å²) in [5, 5.41) is 3.76. The molecule has 0 aliphatic carbocycles. The second-order valence-electron chi connectivity index (χ2n) is 5.85. The molecule has 2 aromatic rings. The quantitative estimate of drug-likeness (QED) is 0.818. The molecular weight excluding hydrogens is 339 g/mol. The lowest BCUT2D eigenvalue weighted by Gasteiger charge is -2.31. The smallest absolute Gasteiger partial charge is 0.490 e. The zero-order valence-electron chi connectivity index (χ0n) is 13.6. The molecule has 0 atom stereocenters. The van der Waals surface area contributed by atoms with Gasteiger partial charge in [-0.15, -0.1) is 13.2 Å². The predicted octanol–water partition coefficient (Wildman–Crippen LogP) is 3.32. The summed E-state index contributed by atoms with van der Waals surface area (Å²) >= 11 is 0. The van der Waals surface area contributed by atoms with E-state index in [4.69, 9.17) is 9.26 Å². The van der Waals surface area contributed by atoms with E-state index in [2.05, 4.69) is 19.8 Å². The number of rotatable bonds is 5. The zero-order valence-corrected chi connectivity index (χ0v) is 13.6. The van der Waals surface area contributed by atoms with Gasteiger partial charge in [0.25, 0.3) is 0 Å². The van der Waals surface area contributed by atoms with E-state index >= 15 is 0 Å². The highest BCUT2D eigenvalue weighted by atomic mass is 19.4. The van der Waals surface area contributed by atoms with Crippen molar-refractivity contribution >= 4 is 0 Å². The fourth-order valence-electron chi connectivity index (χ4n) is 2.69. The Labute approximate surface area is 142 Å². The maximum absolute atomic E-state index is 12.1. The average molecular weight is 357 g/mol. The number of hydrogen-bond acceptors (Lipinski definition) is 6. The lowest BCUT2D eigenvalue weighted by Crippen LogP contribution is -2.37. The van der Waals surface area contributed by atoms with Crippen molar-refractivity contribution in [3.63, 3.8) is 0 Å². The van der Waals surface area contributed by atoms with E-state index in [1.165, 1.54) is 24.3 Å². The Hall–Kier alpha value is -2.29. The number of halogens is 3. The van der Waals surface area contributed by atoms with Gasteiger partial charge in [0, 0.05) is 13.1 Å². The Morgan fingerprint density at radius 2 is 1.80 bits per heavy atom. The van der Waals surface area contributed by atoms with Crippen LogP contribution in [0.3, 0.4) is 0 Å². The van der Waals surface area contributed by atoms with Crippen LogP contribution in [0.1, 0.15) is 24.6 Å². The number of likely N-dealkylation sites (tertiary alicyclic amines) is 1. The largest absolute Gasteiger partial charge is 0.573 e. The Kier molecular flexibility index (Phi) is 5.12. The third kappa shape index (κ3) is 5.35. The maximum atomic E-state index is 12.1. The van der Waals surface area contributed by atoms with E-state index in [0.29, 0.717) is 24.0 Å². The molecule has 1 aliphatic heterocycles. The molecule has 0 spiro atoms. The highest BCUT2D eigenvalue weighted by Crippen LogP contribution is 2.26. The molecule has 0 bridgehead atoms. The van der Waals surface area contributed by atoms with Crippen molar-refractivity contribution in [2.75, 3.05) is 13.1 Å². The van der Waals surface area contributed by atoms with Crippen LogP contribution in [0.25, 0.3) is 0 Å². The number of aromatic nitrogens is 2. The van der Waals surface area contributed by atoms with Crippen LogP contribution in [0.5, 0.6) is 11.5 Å². The molecule has 0 N–H and O–H groups in total. The first-order valence-corrected chi connectivity index (χ1v) is 7.91. The third-order valence-electron chi connectivity index (χ3n) is 3.82. The SMILES string of the molecule is Cc1noc(CN2CCC(Oc3ccc(OC(F)(F)F)cc3)CC2)n1. The number of benzene rings is 1. The summed E-state index contributed by atoms with van der Waals surface area (Å²) < 4.78 is 51.2. The molecule has 3 rings (SSSR count). The van der Waals surface area contributed by atoms with Crippen molar-refractivity contribution in [1.29, 1.82) is 0 Å². The van der Waals surface area contributed by atoms with Gasteiger partial charge in [-0.25, -0.2) is 0 Å². The number of piperidine rings is 1. The molecule has 1 aliphatic rings. The van der Waals surface area contributed by atoms with E-state index in [-0.39, 0.29) is 11.9 Å². The van der Waals surface area contributed by atoms with Gasteiger partial charge in [0.1, 0.15) is 17.6 Å². The third-order valence-corrected chi connectivity index (χ3v) is 3.82. The van der Waals surface area contributed by atoms with E-state index in [9.17, 15) is 13.2 Å². The first kappa shape index (κ1) is 17.5. The van der Waals surface area contributed by atoms with Gasteiger partial charge in [-0.2, -0.15) is 4.98 Å². The molecule has 1 saturated heterocycles. The molecule has 9 heteroatoms. The fraction of sp³-hybridized carbons (Fsp3) is 0.500. The lowest BCUT2D eigenvalue weighted by molar-refractivity contribution is -0.274. The van der Waals surface area contributed by atoms with E-state index in [0.717, 1.165) is 25.9 Å². The van der Waals surface area contributed by atoms with E-state index in [1.54, 1.807) is 6.92 Å². The summed E-state index contributed by atoms with van der Waals surface area (Å²) in [4.78, 5) is 6.38. The van der Waals surface area contributed by atoms with Gasteiger partial charge in [-0.05, 0) is 44.0 Å². The summed E-state index contributed by atoms with van der Waals surface area (Å²) in [6.45, 7) is 4.03. The zero-order chi connectivity index (χ0) is 17.9. The van der Waals surface area contributed by atoms with Crippen molar-refractivity contribution < 1.29 is 27.2 Å². The summed E-state index contributed by atoms with van der Waals surface area (Å²) in [7, 11) is 0. The van der Waals surface area contributed by atoms with Gasteiger partial charge in [0.15, 0.2) is 5.82 Å². The molecule has 6 nitrogen and oxygen atoms in total. The molecular formula is C16H18F3N3O3. The summed E-state index contributed by atoms with van der Waals surface area (Å²) in [6, 6.07) is 5.45. The van der Waals surface area contributed by atoms with Crippen molar-refractivity contribution in [2.24, 2.45) is 0 Å². The summed E-state index contributed by atoms with van der Waals surface area (Å²) in [5.74, 6) is 1.48. The molecule has 0 radical (unpaired) electrons. The Bertz CT molecular complexity index is 680. The molecule has 1 aromatic carbocycles. The van der Waals surface area contributed by atoms with Crippen molar-refractivity contribution in [1.82, 2.24) is 15.0 Å². The monoisotopic (exact) mass is 357 g/mol. The Morgan fingerprint density at radius 1 is 1.16 bits per heavy atom. The predicted molar refractivity (Wildman–Crippen MR) is 81.1 cm³/mol. The molecule has 25 heavy (non-hydrogen) atoms. The lowest BCUT2D eigenvalue weighted by atomic mass is 10.1. The highest BCUT2D eigenvalue weighted by Gasteiger charge is 2.31. The normalized spacial score (nSPS) is 16.8. The van der Waals surface area contributed by atoms with Gasteiger partial charge in [0.05, 0.1) is 6.54 Å². The Morgan fingerprint density at radius 3 is 2.36 bits per heavy atom. The van der Waals surface area contributed by atoms with E-state index in [1.807, 2.05) is 0 Å². The molecule has 1 fully saturated rings. The van der Waals surface area contributed by atoms with Gasteiger partial charge in [-0.1, -0.05) is 5.16 Å². The van der Waals surface area contributed by atoms with Crippen LogP contribution in [-0.4, -0.2) is 40.6 Å². The van der Waals surface area contributed by atoms with Gasteiger partial charge >= 0.3 is 6.36 Å². The average Bonchev–Trinajstić information content (AvgIpc) is 2.95. The van der Waals surface area contributed by atoms with Crippen LogP contribution in [0.15, 0.2) is 28.8 Å². The minimum absolute atomic E-state index is 0.0232. The van der Waals surface area contributed by atoms with Crippen LogP contribution < -0.4 is 9.47 Å². The molecule has 136 valence electrons. The van der Waals surface area contributed by atoms with Crippen LogP contribution in [0, 0.1) is 6.92 Å². The van der Waals surface area contributed by atoms with Gasteiger partial charge in [-0.3, -0.25) is 4.90 Å². The first-order chi connectivity index (χ1) is 11.9. The molecule has 0 unspecified atom stereocenters. The molecule has 0 amide bonds. The van der Waals surface area contributed by atoms with Crippen LogP contribution in [-0.2, 0) is 6.54 Å². The standard InChI is InChI=1S/C16H18F3N3O3/c1-11-20-15(25-21-11)10-22-8-6-13(7-9-22)23-12-2-4-14(5-3-12)24-16(17,18)19/h2-5,13H,6-10H2,1H3. The number of ether oxygens (including phenoxy) is 2. The number of aryl methyl sites for hydroxylation is 1. The summed E-state index contributed by atoms with van der Waals surface area (Å²) in [6.07, 6.45) is -3.04. The van der Waals surface area contributed by atoms with E-state index < -0.39 is 6.36 Å². The van der Waals surface area contributed by atoms with Crippen molar-refractivity contribution in [3.05, 3.63) is 36.0 Å². The second-order valence-corrected chi connectivity index (χ2v) is 5.85. The minimum Gasteiger partial charge on any atom is -0.490 e. The minimum atomic E-state index is -4.69. The van der Waals surface area contributed by atoms with Crippen molar-refractivity contribution in [3.8, 4) is 11.5 Å². The first-order valence-electron chi connectivity index (χ1n) is 7.91. The van der Waals surface area contributed by atoms with Crippen LogP contribution in [0.4, 0.5) is 13.2 Å². The Balaban J connectivity index is 1.45. The number of alkyl halides is 3. The molecule has 2 heterocycles. The fourth-order valence-corrected chi connectivity index (χ4v) is 2.69. The number of nitrogens with zero attached hydrogens (tertiary/aromatic N) is 3. The maximum Gasteiger partial charge on any atom is 0.573 e. The number of hydrogen-bond donors (Lipinski definition) is 0.